The number of ether oxygens (including phenoxy) is 2. The average molecular weight is 792 g/mol. The van der Waals surface area contributed by atoms with Gasteiger partial charge in [-0.05, 0) is 36.5 Å². The molecule has 4 heterocycles. The van der Waals surface area contributed by atoms with Crippen LogP contribution in [0.5, 0.6) is 0 Å². The summed E-state index contributed by atoms with van der Waals surface area (Å²) in [5.41, 5.74) is 0.661. The molecule has 2 bridgehead atoms. The third-order valence-electron chi connectivity index (χ3n) is 11.0. The average Bonchev–Trinajstić information content (AvgIpc) is 3.89. The predicted molar refractivity (Wildman–Crippen MR) is 200 cm³/mol. The molecule has 3 aliphatic heterocycles. The van der Waals surface area contributed by atoms with Gasteiger partial charge in [-0.25, -0.2) is 4.68 Å². The number of aromatic nitrogens is 3. The quantitative estimate of drug-likeness (QED) is 0.118. The summed E-state index contributed by atoms with van der Waals surface area (Å²) >= 11 is 3.74. The van der Waals surface area contributed by atoms with E-state index in [1.807, 2.05) is 68.4 Å². The Morgan fingerprint density at radius 1 is 1.17 bits per heavy atom. The molecule has 0 radical (unpaired) electrons. The van der Waals surface area contributed by atoms with Crippen LogP contribution in [0.4, 0.5) is 0 Å². The molecule has 14 heteroatoms. The van der Waals surface area contributed by atoms with Crippen molar-refractivity contribution in [2.75, 3.05) is 19.7 Å². The van der Waals surface area contributed by atoms with Crippen molar-refractivity contribution in [1.82, 2.24) is 30.1 Å². The molecule has 3 aromatic rings. The van der Waals surface area contributed by atoms with Crippen LogP contribution in [-0.2, 0) is 35.3 Å². The number of likely N-dealkylation sites (tertiary alicyclic amines) is 1. The largest absolute Gasteiger partial charge is 0.455 e. The van der Waals surface area contributed by atoms with Crippen LogP contribution in [0.1, 0.15) is 51.2 Å². The number of amides is 3. The zero-order chi connectivity index (χ0) is 37.9. The van der Waals surface area contributed by atoms with E-state index in [1.54, 1.807) is 21.7 Å². The van der Waals surface area contributed by atoms with Crippen molar-refractivity contribution in [2.24, 2.45) is 17.8 Å². The molecule has 1 spiro atoms. The van der Waals surface area contributed by atoms with Crippen LogP contribution in [0.15, 0.2) is 79.9 Å². The van der Waals surface area contributed by atoms with Crippen molar-refractivity contribution in [3.63, 3.8) is 0 Å². The fourth-order valence-electron chi connectivity index (χ4n) is 8.16. The van der Waals surface area contributed by atoms with Gasteiger partial charge in [0.15, 0.2) is 0 Å². The van der Waals surface area contributed by atoms with Crippen LogP contribution < -0.4 is 5.32 Å². The minimum absolute atomic E-state index is 0.0156. The number of aliphatic hydroxyl groups is 1. The Bertz CT molecular complexity index is 1840. The van der Waals surface area contributed by atoms with E-state index in [-0.39, 0.29) is 55.9 Å². The molecule has 282 valence electrons. The normalized spacial score (nSPS) is 26.2. The maximum Gasteiger partial charge on any atom is 0.313 e. The maximum absolute atomic E-state index is 15.1. The van der Waals surface area contributed by atoms with Gasteiger partial charge in [0.2, 0.25) is 17.7 Å². The Hall–Kier alpha value is -4.40. The van der Waals surface area contributed by atoms with Crippen LogP contribution >= 0.6 is 15.9 Å². The van der Waals surface area contributed by atoms with E-state index in [0.717, 1.165) is 5.52 Å². The predicted octanol–water partition coefficient (Wildman–Crippen LogP) is 3.93. The van der Waals surface area contributed by atoms with Crippen molar-refractivity contribution >= 4 is 50.7 Å². The summed E-state index contributed by atoms with van der Waals surface area (Å²) in [4.78, 5) is 59.6. The molecule has 6 rings (SSSR count). The van der Waals surface area contributed by atoms with Gasteiger partial charge in [-0.2, -0.15) is 0 Å². The van der Waals surface area contributed by atoms with Gasteiger partial charge in [-0.3, -0.25) is 19.2 Å². The van der Waals surface area contributed by atoms with Crippen molar-refractivity contribution < 1.29 is 33.8 Å². The Kier molecular flexibility index (Phi) is 11.8. The lowest BCUT2D eigenvalue weighted by Crippen LogP contribution is -2.60. The van der Waals surface area contributed by atoms with Crippen molar-refractivity contribution in [2.45, 2.75) is 80.9 Å². The zero-order valence-electron chi connectivity index (χ0n) is 30.1. The van der Waals surface area contributed by atoms with E-state index in [0.29, 0.717) is 23.9 Å². The number of esters is 1. The number of hydrogen-bond donors (Lipinski definition) is 2. The minimum atomic E-state index is -1.40. The molecule has 1 unspecified atom stereocenters. The van der Waals surface area contributed by atoms with E-state index < -0.39 is 59.5 Å². The second-order valence-electron chi connectivity index (χ2n) is 14.1. The van der Waals surface area contributed by atoms with E-state index in [4.69, 9.17) is 9.47 Å². The van der Waals surface area contributed by atoms with Gasteiger partial charge in [-0.15, -0.1) is 18.3 Å². The van der Waals surface area contributed by atoms with Gasteiger partial charge in [0.25, 0.3) is 0 Å². The van der Waals surface area contributed by atoms with Crippen LogP contribution in [-0.4, -0.2) is 102 Å². The summed E-state index contributed by atoms with van der Waals surface area (Å²) in [5, 5.41) is 22.2. The molecule has 0 aliphatic carbocycles. The summed E-state index contributed by atoms with van der Waals surface area (Å²) in [7, 11) is 0. The molecule has 3 saturated heterocycles. The van der Waals surface area contributed by atoms with Gasteiger partial charge in [0, 0.05) is 17.8 Å². The summed E-state index contributed by atoms with van der Waals surface area (Å²) < 4.78 is 14.6. The second-order valence-corrected chi connectivity index (χ2v) is 15.3. The highest BCUT2D eigenvalue weighted by atomic mass is 79.9. The number of nitrogens with one attached hydrogen (secondary N) is 1. The standard InChI is InChI=1S/C39H47BrN6O7/c1-5-8-18-31(48)41-21-30(25-14-10-9-11-15-25)52-38(51)32-33-36(49)46(29(22-47)24(4)7-3)35(39(33)20-26(40)34(32)53-39)37(50)44(19-6-2)23-45-28-17-13-12-16-27(28)42-43-45/h5-6,9-17,24,26,29-30,32-35,47H,1-2,7-8,18-23H2,3-4H3,(H,41,48)/t24-,26?,29-,30-,32+,33-,34+,35+,39-/m0/s1. The Labute approximate surface area is 317 Å². The maximum atomic E-state index is 15.1. The number of benzene rings is 2. The number of hydrogen-bond acceptors (Lipinski definition) is 9. The van der Waals surface area contributed by atoms with Gasteiger partial charge < -0.3 is 29.7 Å². The molecule has 3 aliphatic rings. The van der Waals surface area contributed by atoms with E-state index in [1.165, 1.54) is 4.90 Å². The van der Waals surface area contributed by atoms with Gasteiger partial charge in [-0.1, -0.05) is 96.0 Å². The molecule has 2 N–H and O–H groups in total. The fourth-order valence-corrected chi connectivity index (χ4v) is 9.10. The molecule has 0 saturated carbocycles. The SMILES string of the molecule is C=CCCC(=O)NC[C@H](OC(=O)[C@H]1[C@@H]2O[C@@]3(CC2Br)[C@@H]1C(=O)N([C@@H](CO)[C@@H](C)CC)[C@@H]3C(=O)N(CC=C)Cn1nnc2ccccc21)c1ccccc1. The highest BCUT2D eigenvalue weighted by molar-refractivity contribution is 9.09. The zero-order valence-corrected chi connectivity index (χ0v) is 31.6. The minimum Gasteiger partial charge on any atom is -0.455 e. The van der Waals surface area contributed by atoms with E-state index >= 15 is 4.79 Å². The Morgan fingerprint density at radius 2 is 1.91 bits per heavy atom. The molecule has 3 fully saturated rings. The lowest BCUT2D eigenvalue weighted by molar-refractivity contribution is -0.161. The molecule has 3 amide bonds. The Morgan fingerprint density at radius 3 is 2.60 bits per heavy atom. The molecule has 2 aromatic carbocycles. The van der Waals surface area contributed by atoms with Crippen LogP contribution in [0.2, 0.25) is 0 Å². The second kappa shape index (κ2) is 16.3. The van der Waals surface area contributed by atoms with Crippen LogP contribution in [0.3, 0.4) is 0 Å². The van der Waals surface area contributed by atoms with Crippen molar-refractivity contribution in [3.8, 4) is 0 Å². The van der Waals surface area contributed by atoms with Crippen LogP contribution in [0.25, 0.3) is 11.0 Å². The molecular weight excluding hydrogens is 744 g/mol. The van der Waals surface area contributed by atoms with Crippen molar-refractivity contribution in [3.05, 3.63) is 85.5 Å². The molecule has 13 nitrogen and oxygen atoms in total. The summed E-state index contributed by atoms with van der Waals surface area (Å²) in [5.74, 6) is -4.04. The summed E-state index contributed by atoms with van der Waals surface area (Å²) in [6.45, 7) is 11.2. The van der Waals surface area contributed by atoms with E-state index in [9.17, 15) is 19.5 Å². The highest BCUT2D eigenvalue weighted by Crippen LogP contribution is 2.61. The first kappa shape index (κ1) is 38.3. The smallest absolute Gasteiger partial charge is 0.313 e. The third-order valence-corrected chi connectivity index (χ3v) is 11.8. The number of nitrogens with zero attached hydrogens (tertiary/aromatic N) is 5. The van der Waals surface area contributed by atoms with Gasteiger partial charge in [0.1, 0.15) is 29.9 Å². The summed E-state index contributed by atoms with van der Waals surface area (Å²) in [6.07, 6.45) is 3.29. The number of aliphatic hydroxyl groups excluding tert-OH is 1. The first-order chi connectivity index (χ1) is 25.6. The molecular formula is C39H47BrN6O7. The number of halogens is 1. The summed E-state index contributed by atoms with van der Waals surface area (Å²) in [6, 6.07) is 14.6. The number of rotatable bonds is 17. The van der Waals surface area contributed by atoms with Gasteiger partial charge >= 0.3 is 5.97 Å². The first-order valence-corrected chi connectivity index (χ1v) is 19.1. The van der Waals surface area contributed by atoms with E-state index in [2.05, 4.69) is 44.7 Å². The number of carbonyl (C=O) groups is 4. The lowest BCUT2D eigenvalue weighted by atomic mass is 9.70. The Balaban J connectivity index is 1.36. The molecule has 1 aromatic heterocycles. The topological polar surface area (TPSA) is 156 Å². The highest BCUT2D eigenvalue weighted by Gasteiger charge is 2.77. The number of carbonyl (C=O) groups excluding carboxylic acids is 4. The van der Waals surface area contributed by atoms with Gasteiger partial charge in [0.05, 0.1) is 42.6 Å². The molecule has 9 atom stereocenters. The first-order valence-electron chi connectivity index (χ1n) is 18.2. The van der Waals surface area contributed by atoms with Crippen LogP contribution in [0, 0.1) is 17.8 Å². The third kappa shape index (κ3) is 7.16. The lowest BCUT2D eigenvalue weighted by Gasteiger charge is -2.40. The number of fused-ring (bicyclic) bond motifs is 2. The number of alkyl halides is 1. The number of para-hydroxylation sites is 1. The van der Waals surface area contributed by atoms with Crippen molar-refractivity contribution in [1.29, 1.82) is 0 Å². The fraction of sp³-hybridized carbons (Fsp3) is 0.487. The number of allylic oxidation sites excluding steroid dienone is 1. The monoisotopic (exact) mass is 790 g/mol. The molecule has 53 heavy (non-hydrogen) atoms.